The summed E-state index contributed by atoms with van der Waals surface area (Å²) in [5.74, 6) is 0.989. The molecule has 0 bridgehead atoms. The van der Waals surface area contributed by atoms with Crippen LogP contribution in [0, 0.1) is 28.6 Å². The van der Waals surface area contributed by atoms with Crippen molar-refractivity contribution in [3.8, 4) is 0 Å². The van der Waals surface area contributed by atoms with E-state index in [0.717, 1.165) is 31.3 Å². The second-order valence-electron chi connectivity index (χ2n) is 9.75. The van der Waals surface area contributed by atoms with E-state index < -0.39 is 6.10 Å². The number of carbonyl (C=O) groups is 2. The van der Waals surface area contributed by atoms with E-state index in [0.29, 0.717) is 25.2 Å². The molecule has 0 aromatic heterocycles. The summed E-state index contributed by atoms with van der Waals surface area (Å²) in [6.45, 7) is 4.48. The molecule has 5 aliphatic rings. The molecular weight excluding hydrogens is 328 g/mol. The average molecular weight is 356 g/mol. The van der Waals surface area contributed by atoms with Crippen molar-refractivity contribution < 1.29 is 19.4 Å². The van der Waals surface area contributed by atoms with Crippen LogP contribution in [0.25, 0.3) is 0 Å². The Hall–Kier alpha value is -1.42. The van der Waals surface area contributed by atoms with Gasteiger partial charge in [0.05, 0.1) is 6.10 Å². The largest absolute Gasteiger partial charge is 0.458 e. The standard InChI is InChI=1S/C22H28O4/c1-20-8-5-14(23)11-13(20)3-4-15-16-6-9-22(10-7-18(25)26-22)21(16,2)12-17(24)19(15)20/h3-4,11,15-17,19,24H,5-10,12H2,1-2H3/t15-,16+,17+,19+,20-,21-,22+/m0/s1. The van der Waals surface area contributed by atoms with Crippen molar-refractivity contribution in [2.45, 2.75) is 70.5 Å². The summed E-state index contributed by atoms with van der Waals surface area (Å²) in [6.07, 6.45) is 11.1. The Labute approximate surface area is 154 Å². The predicted molar refractivity (Wildman–Crippen MR) is 96.1 cm³/mol. The highest BCUT2D eigenvalue weighted by Crippen LogP contribution is 2.68. The Balaban J connectivity index is 1.58. The van der Waals surface area contributed by atoms with Crippen molar-refractivity contribution in [3.05, 3.63) is 23.8 Å². The Bertz CT molecular complexity index is 751. The number of carbonyl (C=O) groups excluding carboxylic acids is 2. The Morgan fingerprint density at radius 2 is 1.96 bits per heavy atom. The number of hydrogen-bond acceptors (Lipinski definition) is 4. The van der Waals surface area contributed by atoms with Gasteiger partial charge in [0.15, 0.2) is 5.78 Å². The summed E-state index contributed by atoms with van der Waals surface area (Å²) in [5.41, 5.74) is 0.425. The van der Waals surface area contributed by atoms with Gasteiger partial charge >= 0.3 is 5.97 Å². The molecule has 3 fully saturated rings. The monoisotopic (exact) mass is 356 g/mol. The zero-order chi connectivity index (χ0) is 18.3. The number of aliphatic hydroxyl groups excluding tert-OH is 1. The molecule has 0 aromatic carbocycles. The topological polar surface area (TPSA) is 63.6 Å². The first-order valence-corrected chi connectivity index (χ1v) is 10.1. The highest BCUT2D eigenvalue weighted by molar-refractivity contribution is 5.92. The zero-order valence-corrected chi connectivity index (χ0v) is 15.7. The second kappa shape index (κ2) is 5.09. The van der Waals surface area contributed by atoms with Crippen LogP contribution in [-0.4, -0.2) is 28.6 Å². The van der Waals surface area contributed by atoms with Crippen molar-refractivity contribution in [1.29, 1.82) is 0 Å². The summed E-state index contributed by atoms with van der Waals surface area (Å²) in [5, 5.41) is 11.3. The lowest BCUT2D eigenvalue weighted by molar-refractivity contribution is -0.177. The molecule has 0 radical (unpaired) electrons. The van der Waals surface area contributed by atoms with Crippen molar-refractivity contribution in [2.75, 3.05) is 0 Å². The molecule has 0 unspecified atom stereocenters. The zero-order valence-electron chi connectivity index (χ0n) is 15.7. The number of fused-ring (bicyclic) bond motifs is 6. The number of rotatable bonds is 0. The molecular formula is C22H28O4. The molecule has 7 atom stereocenters. The Morgan fingerprint density at radius 3 is 2.69 bits per heavy atom. The molecule has 0 aromatic rings. The molecule has 4 heteroatoms. The van der Waals surface area contributed by atoms with Crippen LogP contribution in [0.1, 0.15) is 58.8 Å². The third-order valence-corrected chi connectivity index (χ3v) is 8.79. The van der Waals surface area contributed by atoms with E-state index in [4.69, 9.17) is 4.74 Å². The van der Waals surface area contributed by atoms with E-state index in [-0.39, 0.29) is 40.0 Å². The van der Waals surface area contributed by atoms with E-state index in [1.807, 2.05) is 0 Å². The maximum absolute atomic E-state index is 11.9. The van der Waals surface area contributed by atoms with Gasteiger partial charge in [-0.2, -0.15) is 0 Å². The number of allylic oxidation sites excluding steroid dienone is 4. The molecule has 1 N–H and O–H groups in total. The summed E-state index contributed by atoms with van der Waals surface area (Å²) in [7, 11) is 0. The Kier molecular flexibility index (Phi) is 3.28. The average Bonchev–Trinajstić information content (AvgIpc) is 3.09. The number of ketones is 1. The number of hydrogen-bond donors (Lipinski definition) is 1. The number of ether oxygens (including phenoxy) is 1. The van der Waals surface area contributed by atoms with Crippen LogP contribution in [0.2, 0.25) is 0 Å². The van der Waals surface area contributed by atoms with Gasteiger partial charge in [-0.25, -0.2) is 0 Å². The van der Waals surface area contributed by atoms with Crippen molar-refractivity contribution in [2.24, 2.45) is 28.6 Å². The molecule has 140 valence electrons. The van der Waals surface area contributed by atoms with Crippen LogP contribution in [0.4, 0.5) is 0 Å². The molecule has 0 amide bonds. The van der Waals surface area contributed by atoms with E-state index >= 15 is 0 Å². The first kappa shape index (κ1) is 16.7. The van der Waals surface area contributed by atoms with Crippen molar-refractivity contribution >= 4 is 11.8 Å². The molecule has 26 heavy (non-hydrogen) atoms. The molecule has 4 aliphatic carbocycles. The maximum atomic E-state index is 11.9. The van der Waals surface area contributed by atoms with Crippen LogP contribution in [0.3, 0.4) is 0 Å². The van der Waals surface area contributed by atoms with E-state index in [9.17, 15) is 14.7 Å². The summed E-state index contributed by atoms with van der Waals surface area (Å²) < 4.78 is 5.93. The minimum Gasteiger partial charge on any atom is -0.458 e. The van der Waals surface area contributed by atoms with Gasteiger partial charge in [-0.3, -0.25) is 9.59 Å². The van der Waals surface area contributed by atoms with E-state index in [2.05, 4.69) is 26.0 Å². The normalized spacial score (nSPS) is 52.3. The van der Waals surface area contributed by atoms with E-state index in [1.54, 1.807) is 6.08 Å². The second-order valence-corrected chi connectivity index (χ2v) is 9.75. The summed E-state index contributed by atoms with van der Waals surface area (Å²) >= 11 is 0. The number of esters is 1. The van der Waals surface area contributed by atoms with Crippen LogP contribution < -0.4 is 0 Å². The van der Waals surface area contributed by atoms with Gasteiger partial charge < -0.3 is 9.84 Å². The summed E-state index contributed by atoms with van der Waals surface area (Å²) in [4.78, 5) is 23.8. The quantitative estimate of drug-likeness (QED) is 0.676. The molecule has 5 rings (SSSR count). The molecule has 1 spiro atoms. The fraction of sp³-hybridized carbons (Fsp3) is 0.727. The van der Waals surface area contributed by atoms with Crippen molar-refractivity contribution in [1.82, 2.24) is 0 Å². The van der Waals surface area contributed by atoms with Gasteiger partial charge in [-0.05, 0) is 61.0 Å². The maximum Gasteiger partial charge on any atom is 0.306 e. The van der Waals surface area contributed by atoms with Gasteiger partial charge in [-0.15, -0.1) is 0 Å². The Morgan fingerprint density at radius 1 is 1.15 bits per heavy atom. The van der Waals surface area contributed by atoms with Crippen LogP contribution in [0.5, 0.6) is 0 Å². The first-order chi connectivity index (χ1) is 12.3. The van der Waals surface area contributed by atoms with Crippen LogP contribution in [-0.2, 0) is 14.3 Å². The van der Waals surface area contributed by atoms with Crippen LogP contribution >= 0.6 is 0 Å². The first-order valence-electron chi connectivity index (χ1n) is 10.1. The van der Waals surface area contributed by atoms with E-state index in [1.165, 1.54) is 0 Å². The minimum absolute atomic E-state index is 0.0781. The lowest BCUT2D eigenvalue weighted by Crippen LogP contribution is -2.58. The van der Waals surface area contributed by atoms with Crippen LogP contribution in [0.15, 0.2) is 23.8 Å². The highest BCUT2D eigenvalue weighted by Gasteiger charge is 2.68. The molecule has 1 aliphatic heterocycles. The number of aliphatic hydroxyl groups is 1. The van der Waals surface area contributed by atoms with Gasteiger partial charge in [0.2, 0.25) is 0 Å². The molecule has 1 heterocycles. The fourth-order valence-electron chi connectivity index (χ4n) is 7.41. The highest BCUT2D eigenvalue weighted by atomic mass is 16.6. The molecule has 1 saturated heterocycles. The summed E-state index contributed by atoms with van der Waals surface area (Å²) in [6, 6.07) is 0. The smallest absolute Gasteiger partial charge is 0.306 e. The third kappa shape index (κ3) is 1.89. The minimum atomic E-state index is -0.429. The lowest BCUT2D eigenvalue weighted by Gasteiger charge is -2.58. The predicted octanol–water partition coefficient (Wildman–Crippen LogP) is 3.34. The van der Waals surface area contributed by atoms with Gasteiger partial charge in [-0.1, -0.05) is 26.0 Å². The molecule has 2 saturated carbocycles. The van der Waals surface area contributed by atoms with Gasteiger partial charge in [0.25, 0.3) is 0 Å². The lowest BCUT2D eigenvalue weighted by atomic mass is 9.47. The third-order valence-electron chi connectivity index (χ3n) is 8.79. The molecule has 4 nitrogen and oxygen atoms in total. The fourth-order valence-corrected chi connectivity index (χ4v) is 7.41. The van der Waals surface area contributed by atoms with Gasteiger partial charge in [0, 0.05) is 24.2 Å². The SMILES string of the molecule is C[C@]12CCC(=O)C=C1C=C[C@@H]1[C@@H]2[C@H](O)C[C@@]2(C)[C@@H]1CC[C@@]21CCC(=O)O1. The van der Waals surface area contributed by atoms with Crippen molar-refractivity contribution in [3.63, 3.8) is 0 Å². The van der Waals surface area contributed by atoms with Gasteiger partial charge in [0.1, 0.15) is 5.60 Å².